The third-order valence-electron chi connectivity index (χ3n) is 1.98. The fraction of sp³-hybridized carbons (Fsp3) is 0.455. The van der Waals surface area contributed by atoms with Crippen LogP contribution in [0.1, 0.15) is 20.8 Å². The lowest BCUT2D eigenvalue weighted by Crippen LogP contribution is -2.26. The number of hydrogen-bond donors (Lipinski definition) is 2. The van der Waals surface area contributed by atoms with Crippen molar-refractivity contribution in [3.63, 3.8) is 0 Å². The monoisotopic (exact) mass is 242 g/mol. The Morgan fingerprint density at radius 3 is 2.25 bits per heavy atom. The Labute approximate surface area is 96.8 Å². The first-order chi connectivity index (χ1) is 7.11. The van der Waals surface area contributed by atoms with Crippen molar-refractivity contribution in [2.75, 3.05) is 17.3 Å². The molecule has 3 N–H and O–H groups in total. The second kappa shape index (κ2) is 3.97. The molecule has 0 bridgehead atoms. The van der Waals surface area contributed by atoms with Gasteiger partial charge in [0.1, 0.15) is 0 Å². The van der Waals surface area contributed by atoms with Crippen molar-refractivity contribution in [3.05, 3.63) is 18.2 Å². The van der Waals surface area contributed by atoms with Crippen molar-refractivity contribution in [1.29, 1.82) is 0 Å². The average Bonchev–Trinajstić information content (AvgIpc) is 2.04. The number of benzene rings is 1. The van der Waals surface area contributed by atoms with Crippen molar-refractivity contribution in [2.45, 2.75) is 31.2 Å². The number of hydrogen-bond acceptors (Lipinski definition) is 4. The molecule has 0 heterocycles. The third-order valence-corrected chi connectivity index (χ3v) is 3.13. The van der Waals surface area contributed by atoms with Gasteiger partial charge in [0.15, 0.2) is 9.84 Å². The minimum Gasteiger partial charge on any atom is -0.396 e. The SMILES string of the molecule is CC(C)(C)Nc1cccc(S(C)(=O)=O)c1N. The van der Waals surface area contributed by atoms with Gasteiger partial charge < -0.3 is 11.1 Å². The summed E-state index contributed by atoms with van der Waals surface area (Å²) in [6, 6.07) is 4.97. The molecule has 1 rings (SSSR count). The topological polar surface area (TPSA) is 72.2 Å². The van der Waals surface area contributed by atoms with Gasteiger partial charge in [-0.25, -0.2) is 8.42 Å². The second-order valence-electron chi connectivity index (χ2n) is 4.86. The first-order valence-electron chi connectivity index (χ1n) is 4.98. The molecule has 16 heavy (non-hydrogen) atoms. The van der Waals surface area contributed by atoms with Crippen LogP contribution in [-0.4, -0.2) is 20.2 Å². The van der Waals surface area contributed by atoms with Crippen LogP contribution in [0.2, 0.25) is 0 Å². The van der Waals surface area contributed by atoms with Crippen molar-refractivity contribution in [2.24, 2.45) is 0 Å². The number of anilines is 2. The molecule has 0 saturated carbocycles. The van der Waals surface area contributed by atoms with Crippen molar-refractivity contribution in [1.82, 2.24) is 0 Å². The number of nitrogens with two attached hydrogens (primary N) is 1. The van der Waals surface area contributed by atoms with E-state index in [1.807, 2.05) is 20.8 Å². The molecule has 0 amide bonds. The molecular weight excluding hydrogens is 224 g/mol. The number of nitrogen functional groups attached to an aromatic ring is 1. The minimum absolute atomic E-state index is 0.162. The molecule has 0 aliphatic heterocycles. The Morgan fingerprint density at radius 2 is 1.81 bits per heavy atom. The van der Waals surface area contributed by atoms with E-state index < -0.39 is 9.84 Å². The molecule has 0 spiro atoms. The van der Waals surface area contributed by atoms with Gasteiger partial charge in [-0.05, 0) is 32.9 Å². The van der Waals surface area contributed by atoms with Gasteiger partial charge >= 0.3 is 0 Å². The van der Waals surface area contributed by atoms with Gasteiger partial charge in [0.05, 0.1) is 16.3 Å². The van der Waals surface area contributed by atoms with Crippen LogP contribution < -0.4 is 11.1 Å². The molecule has 90 valence electrons. The average molecular weight is 242 g/mol. The zero-order chi connectivity index (χ0) is 12.6. The highest BCUT2D eigenvalue weighted by Crippen LogP contribution is 2.28. The molecule has 4 nitrogen and oxygen atoms in total. The summed E-state index contributed by atoms with van der Waals surface area (Å²) in [6.07, 6.45) is 1.15. The van der Waals surface area contributed by atoms with Gasteiger partial charge in [-0.1, -0.05) is 6.07 Å². The number of nitrogens with one attached hydrogen (secondary N) is 1. The Balaban J connectivity index is 3.25. The summed E-state index contributed by atoms with van der Waals surface area (Å²) < 4.78 is 22.9. The van der Waals surface area contributed by atoms with E-state index in [0.717, 1.165) is 6.26 Å². The third kappa shape index (κ3) is 3.13. The number of para-hydroxylation sites is 1. The molecule has 0 atom stereocenters. The molecule has 0 saturated heterocycles. The predicted octanol–water partition coefficient (Wildman–Crippen LogP) is 1.88. The molecular formula is C11H18N2O2S. The van der Waals surface area contributed by atoms with E-state index in [2.05, 4.69) is 5.32 Å². The van der Waals surface area contributed by atoms with Crippen LogP contribution in [0, 0.1) is 0 Å². The summed E-state index contributed by atoms with van der Waals surface area (Å²) in [5.41, 5.74) is 6.60. The molecule has 0 unspecified atom stereocenters. The highest BCUT2D eigenvalue weighted by atomic mass is 32.2. The van der Waals surface area contributed by atoms with Crippen LogP contribution in [-0.2, 0) is 9.84 Å². The van der Waals surface area contributed by atoms with Gasteiger partial charge in [-0.2, -0.15) is 0 Å². The summed E-state index contributed by atoms with van der Waals surface area (Å²) in [5, 5.41) is 3.17. The summed E-state index contributed by atoms with van der Waals surface area (Å²) in [5.74, 6) is 0. The summed E-state index contributed by atoms with van der Waals surface area (Å²) in [7, 11) is -3.28. The normalized spacial score (nSPS) is 12.5. The van der Waals surface area contributed by atoms with E-state index in [-0.39, 0.29) is 16.1 Å². The van der Waals surface area contributed by atoms with E-state index in [9.17, 15) is 8.42 Å². The lowest BCUT2D eigenvalue weighted by atomic mass is 10.1. The molecule has 5 heteroatoms. The highest BCUT2D eigenvalue weighted by molar-refractivity contribution is 7.90. The van der Waals surface area contributed by atoms with Crippen LogP contribution in [0.4, 0.5) is 11.4 Å². The van der Waals surface area contributed by atoms with Crippen molar-refractivity contribution < 1.29 is 8.42 Å². The smallest absolute Gasteiger partial charge is 0.177 e. The van der Waals surface area contributed by atoms with Gasteiger partial charge in [0.2, 0.25) is 0 Å². The second-order valence-corrected chi connectivity index (χ2v) is 6.85. The van der Waals surface area contributed by atoms with Crippen LogP contribution in [0.3, 0.4) is 0 Å². The Hall–Kier alpha value is -1.23. The van der Waals surface area contributed by atoms with Crippen LogP contribution >= 0.6 is 0 Å². The van der Waals surface area contributed by atoms with Gasteiger partial charge in [0.25, 0.3) is 0 Å². The van der Waals surface area contributed by atoms with E-state index in [4.69, 9.17) is 5.73 Å². The maximum absolute atomic E-state index is 11.5. The zero-order valence-corrected chi connectivity index (χ0v) is 10.9. The van der Waals surface area contributed by atoms with E-state index >= 15 is 0 Å². The maximum atomic E-state index is 11.5. The quantitative estimate of drug-likeness (QED) is 0.777. The van der Waals surface area contributed by atoms with E-state index in [1.54, 1.807) is 12.1 Å². The standard InChI is InChI=1S/C11H18N2O2S/c1-11(2,3)13-8-6-5-7-9(10(8)12)16(4,14)15/h5-7,13H,12H2,1-4H3. The van der Waals surface area contributed by atoms with Crippen LogP contribution in [0.5, 0.6) is 0 Å². The fourth-order valence-electron chi connectivity index (χ4n) is 1.38. The molecule has 1 aromatic rings. The Morgan fingerprint density at radius 1 is 1.25 bits per heavy atom. The van der Waals surface area contributed by atoms with Crippen LogP contribution in [0.25, 0.3) is 0 Å². The lowest BCUT2D eigenvalue weighted by molar-refractivity contribution is 0.602. The molecule has 0 aliphatic rings. The van der Waals surface area contributed by atoms with Gasteiger partial charge in [-0.3, -0.25) is 0 Å². The predicted molar refractivity (Wildman–Crippen MR) is 67.3 cm³/mol. The summed E-state index contributed by atoms with van der Waals surface area (Å²) in [4.78, 5) is 0.168. The van der Waals surface area contributed by atoms with Crippen molar-refractivity contribution >= 4 is 21.2 Å². The molecule has 1 aromatic carbocycles. The van der Waals surface area contributed by atoms with Gasteiger partial charge in [-0.15, -0.1) is 0 Å². The minimum atomic E-state index is -3.28. The fourth-order valence-corrected chi connectivity index (χ4v) is 2.22. The molecule has 0 fully saturated rings. The first-order valence-corrected chi connectivity index (χ1v) is 6.87. The summed E-state index contributed by atoms with van der Waals surface area (Å²) in [6.45, 7) is 5.96. The Bertz CT molecular complexity index is 487. The lowest BCUT2D eigenvalue weighted by Gasteiger charge is -2.23. The number of rotatable bonds is 2. The Kier molecular flexibility index (Phi) is 3.19. The first kappa shape index (κ1) is 12.8. The van der Waals surface area contributed by atoms with E-state index in [1.165, 1.54) is 6.07 Å². The van der Waals surface area contributed by atoms with Crippen LogP contribution in [0.15, 0.2) is 23.1 Å². The largest absolute Gasteiger partial charge is 0.396 e. The number of sulfone groups is 1. The van der Waals surface area contributed by atoms with Gasteiger partial charge in [0, 0.05) is 11.8 Å². The molecule has 0 aromatic heterocycles. The summed E-state index contributed by atoms with van der Waals surface area (Å²) >= 11 is 0. The van der Waals surface area contributed by atoms with E-state index in [0.29, 0.717) is 5.69 Å². The molecule has 0 radical (unpaired) electrons. The highest BCUT2D eigenvalue weighted by Gasteiger charge is 2.17. The molecule has 0 aliphatic carbocycles. The maximum Gasteiger partial charge on any atom is 0.177 e. The zero-order valence-electron chi connectivity index (χ0n) is 10.0. The van der Waals surface area contributed by atoms with Crippen molar-refractivity contribution in [3.8, 4) is 0 Å².